The van der Waals surface area contributed by atoms with Crippen LogP contribution in [-0.4, -0.2) is 43.0 Å². The van der Waals surface area contributed by atoms with Gasteiger partial charge in [0.15, 0.2) is 0 Å². The van der Waals surface area contributed by atoms with E-state index in [2.05, 4.69) is 80.2 Å². The predicted molar refractivity (Wildman–Crippen MR) is 119 cm³/mol. The maximum Gasteiger partial charge on any atom is 0.123 e. The van der Waals surface area contributed by atoms with Gasteiger partial charge in [-0.1, -0.05) is 30.3 Å². The number of para-hydroxylation sites is 1. The number of benzene rings is 2. The fraction of sp³-hybridized carbons (Fsp3) is 0.440. The fourth-order valence-corrected chi connectivity index (χ4v) is 5.52. The standard InChI is InChI=1S/C25H32FN3/c1-18-21-11-6-7-12-22(21)27-23(18)25(29(4)5)15-13-24(14-16-25,28(2)3)19-9-8-10-20(26)17-19/h6-12,17,27H,13-16H2,1-5H3. The van der Waals surface area contributed by atoms with E-state index in [1.165, 1.54) is 28.2 Å². The lowest BCUT2D eigenvalue weighted by atomic mass is 9.66. The molecule has 0 bridgehead atoms. The highest BCUT2D eigenvalue weighted by molar-refractivity contribution is 5.84. The number of aromatic nitrogens is 1. The molecule has 1 fully saturated rings. The number of aryl methyl sites for hydroxylation is 1. The van der Waals surface area contributed by atoms with Crippen molar-refractivity contribution in [2.75, 3.05) is 28.2 Å². The maximum absolute atomic E-state index is 14.0. The van der Waals surface area contributed by atoms with Crippen molar-refractivity contribution in [1.29, 1.82) is 0 Å². The number of aromatic amines is 1. The van der Waals surface area contributed by atoms with E-state index in [0.29, 0.717) is 0 Å². The smallest absolute Gasteiger partial charge is 0.123 e. The third-order valence-electron chi connectivity index (χ3n) is 7.41. The van der Waals surface area contributed by atoms with E-state index in [1.54, 1.807) is 6.07 Å². The Hall–Kier alpha value is -2.17. The molecule has 2 aromatic carbocycles. The van der Waals surface area contributed by atoms with Crippen molar-refractivity contribution in [3.05, 3.63) is 71.2 Å². The second kappa shape index (κ2) is 7.26. The first-order valence-corrected chi connectivity index (χ1v) is 10.5. The van der Waals surface area contributed by atoms with E-state index in [1.807, 2.05) is 6.07 Å². The van der Waals surface area contributed by atoms with Gasteiger partial charge in [-0.2, -0.15) is 0 Å². The number of rotatable bonds is 4. The zero-order chi connectivity index (χ0) is 20.8. The number of nitrogens with zero attached hydrogens (tertiary/aromatic N) is 2. The zero-order valence-electron chi connectivity index (χ0n) is 18.2. The van der Waals surface area contributed by atoms with E-state index >= 15 is 0 Å². The first kappa shape index (κ1) is 20.1. The van der Waals surface area contributed by atoms with E-state index in [4.69, 9.17) is 0 Å². The molecule has 154 valence electrons. The van der Waals surface area contributed by atoms with Crippen LogP contribution in [0.15, 0.2) is 48.5 Å². The van der Waals surface area contributed by atoms with Crippen molar-refractivity contribution in [2.45, 2.75) is 43.7 Å². The van der Waals surface area contributed by atoms with Crippen LogP contribution in [0, 0.1) is 12.7 Å². The van der Waals surface area contributed by atoms with Crippen LogP contribution in [0.3, 0.4) is 0 Å². The molecule has 0 atom stereocenters. The Kier molecular flexibility index (Phi) is 5.04. The molecule has 1 N–H and O–H groups in total. The second-order valence-electron chi connectivity index (χ2n) is 9.03. The normalized spacial score (nSPS) is 25.2. The van der Waals surface area contributed by atoms with Crippen LogP contribution < -0.4 is 0 Å². The lowest BCUT2D eigenvalue weighted by molar-refractivity contribution is 0.00631. The quantitative estimate of drug-likeness (QED) is 0.641. The van der Waals surface area contributed by atoms with Gasteiger partial charge in [-0.05, 0) is 90.1 Å². The number of halogens is 1. The minimum atomic E-state index is -0.153. The van der Waals surface area contributed by atoms with Crippen molar-refractivity contribution in [3.63, 3.8) is 0 Å². The van der Waals surface area contributed by atoms with Gasteiger partial charge in [0.2, 0.25) is 0 Å². The first-order valence-electron chi connectivity index (χ1n) is 10.5. The van der Waals surface area contributed by atoms with Crippen LogP contribution in [0.1, 0.15) is 42.5 Å². The SMILES string of the molecule is Cc1c(C2(N(C)C)CCC(c3cccc(F)c3)(N(C)C)CC2)[nH]c2ccccc12. The van der Waals surface area contributed by atoms with E-state index < -0.39 is 0 Å². The summed E-state index contributed by atoms with van der Waals surface area (Å²) in [5, 5.41) is 1.30. The highest BCUT2D eigenvalue weighted by atomic mass is 19.1. The lowest BCUT2D eigenvalue weighted by Gasteiger charge is -2.52. The topological polar surface area (TPSA) is 22.3 Å². The van der Waals surface area contributed by atoms with Gasteiger partial charge in [0, 0.05) is 22.1 Å². The summed E-state index contributed by atoms with van der Waals surface area (Å²) in [6, 6.07) is 15.7. The molecule has 0 saturated heterocycles. The highest BCUT2D eigenvalue weighted by Crippen LogP contribution is 2.51. The van der Waals surface area contributed by atoms with Crippen LogP contribution >= 0.6 is 0 Å². The molecule has 1 aromatic heterocycles. The Labute approximate surface area is 173 Å². The lowest BCUT2D eigenvalue weighted by Crippen LogP contribution is -2.52. The summed E-state index contributed by atoms with van der Waals surface area (Å²) in [6.45, 7) is 2.24. The van der Waals surface area contributed by atoms with Crippen molar-refractivity contribution in [2.24, 2.45) is 0 Å². The Morgan fingerprint density at radius 3 is 2.03 bits per heavy atom. The molecule has 0 amide bonds. The van der Waals surface area contributed by atoms with Crippen molar-refractivity contribution in [3.8, 4) is 0 Å². The molecule has 1 saturated carbocycles. The predicted octanol–water partition coefficient (Wildman–Crippen LogP) is 5.40. The van der Waals surface area contributed by atoms with Crippen molar-refractivity contribution in [1.82, 2.24) is 14.8 Å². The number of nitrogens with one attached hydrogen (secondary N) is 1. The molecule has 0 radical (unpaired) electrons. The third kappa shape index (κ3) is 3.10. The van der Waals surface area contributed by atoms with Gasteiger partial charge in [0.25, 0.3) is 0 Å². The molecule has 1 aliphatic rings. The molecule has 29 heavy (non-hydrogen) atoms. The Morgan fingerprint density at radius 2 is 1.45 bits per heavy atom. The first-order chi connectivity index (χ1) is 13.8. The van der Waals surface area contributed by atoms with Crippen LogP contribution in [0.5, 0.6) is 0 Å². The molecular formula is C25H32FN3. The molecule has 0 unspecified atom stereocenters. The van der Waals surface area contributed by atoms with Gasteiger partial charge >= 0.3 is 0 Å². The summed E-state index contributed by atoms with van der Waals surface area (Å²) in [7, 11) is 8.63. The van der Waals surface area contributed by atoms with Gasteiger partial charge < -0.3 is 4.98 Å². The molecule has 3 nitrogen and oxygen atoms in total. The molecule has 4 heteroatoms. The van der Waals surface area contributed by atoms with Crippen molar-refractivity contribution < 1.29 is 4.39 Å². The van der Waals surface area contributed by atoms with Gasteiger partial charge in [-0.25, -0.2) is 4.39 Å². The molecule has 4 rings (SSSR count). The minimum absolute atomic E-state index is 0.0457. The molecule has 1 aliphatic carbocycles. The summed E-state index contributed by atoms with van der Waals surface area (Å²) < 4.78 is 14.0. The second-order valence-corrected chi connectivity index (χ2v) is 9.03. The van der Waals surface area contributed by atoms with Gasteiger partial charge in [0.1, 0.15) is 5.82 Å². The average Bonchev–Trinajstić information content (AvgIpc) is 3.05. The number of hydrogen-bond acceptors (Lipinski definition) is 2. The number of hydrogen-bond donors (Lipinski definition) is 1. The van der Waals surface area contributed by atoms with Crippen LogP contribution in [-0.2, 0) is 11.1 Å². The number of H-pyrrole nitrogens is 1. The fourth-order valence-electron chi connectivity index (χ4n) is 5.52. The average molecular weight is 394 g/mol. The zero-order valence-corrected chi connectivity index (χ0v) is 18.2. The Morgan fingerprint density at radius 1 is 0.828 bits per heavy atom. The van der Waals surface area contributed by atoms with E-state index in [9.17, 15) is 4.39 Å². The molecule has 1 heterocycles. The molecule has 0 aliphatic heterocycles. The monoisotopic (exact) mass is 393 g/mol. The van der Waals surface area contributed by atoms with Gasteiger partial charge in [0.05, 0.1) is 5.54 Å². The third-order valence-corrected chi connectivity index (χ3v) is 7.41. The summed E-state index contributed by atoms with van der Waals surface area (Å²) >= 11 is 0. The van der Waals surface area contributed by atoms with E-state index in [-0.39, 0.29) is 16.9 Å². The molecule has 3 aromatic rings. The highest BCUT2D eigenvalue weighted by Gasteiger charge is 2.48. The largest absolute Gasteiger partial charge is 0.357 e. The van der Waals surface area contributed by atoms with Crippen LogP contribution in [0.4, 0.5) is 4.39 Å². The summed E-state index contributed by atoms with van der Waals surface area (Å²) in [5.74, 6) is -0.153. The minimum Gasteiger partial charge on any atom is -0.357 e. The van der Waals surface area contributed by atoms with Crippen LogP contribution in [0.25, 0.3) is 10.9 Å². The molecular weight excluding hydrogens is 361 g/mol. The number of fused-ring (bicyclic) bond motifs is 1. The Balaban J connectivity index is 1.76. The molecule has 0 spiro atoms. The van der Waals surface area contributed by atoms with Crippen molar-refractivity contribution >= 4 is 10.9 Å². The van der Waals surface area contributed by atoms with Crippen LogP contribution in [0.2, 0.25) is 0 Å². The summed E-state index contributed by atoms with van der Waals surface area (Å²) in [4.78, 5) is 8.42. The summed E-state index contributed by atoms with van der Waals surface area (Å²) in [5.41, 5.74) is 4.78. The van der Waals surface area contributed by atoms with Gasteiger partial charge in [-0.3, -0.25) is 9.80 Å². The summed E-state index contributed by atoms with van der Waals surface area (Å²) in [6.07, 6.45) is 4.00. The maximum atomic E-state index is 14.0. The van der Waals surface area contributed by atoms with Gasteiger partial charge in [-0.15, -0.1) is 0 Å². The van der Waals surface area contributed by atoms with E-state index in [0.717, 1.165) is 31.2 Å². The Bertz CT molecular complexity index is 1010.